The first-order valence-corrected chi connectivity index (χ1v) is 4.05. The van der Waals surface area contributed by atoms with Crippen LogP contribution in [0.15, 0.2) is 30.3 Å². The second-order valence-corrected chi connectivity index (χ2v) is 2.66. The predicted octanol–water partition coefficient (Wildman–Crippen LogP) is 0.0995. The zero-order valence-electron chi connectivity index (χ0n) is 7.44. The summed E-state index contributed by atoms with van der Waals surface area (Å²) in [6.45, 7) is 0. The number of hydrogen-bond acceptors (Lipinski definition) is 3. The molecule has 1 aromatic carbocycles. The lowest BCUT2D eigenvalue weighted by molar-refractivity contribution is -0.109. The topological polar surface area (TPSA) is 84.2 Å². The third-order valence-electron chi connectivity index (χ3n) is 1.65. The molecule has 1 unspecified atom stereocenters. The Kier molecular flexibility index (Phi) is 3.63. The van der Waals surface area contributed by atoms with Crippen molar-refractivity contribution < 1.29 is 9.59 Å². The molecule has 1 rings (SSSR count). The van der Waals surface area contributed by atoms with Crippen LogP contribution in [0.1, 0.15) is 11.6 Å². The number of amides is 2. The molecule has 2 amide bonds. The SMILES string of the molecule is NC(=O)NNC(C=O)c1ccccc1. The quantitative estimate of drug-likeness (QED) is 0.468. The Labute approximate surface area is 81.3 Å². The van der Waals surface area contributed by atoms with Gasteiger partial charge in [-0.1, -0.05) is 30.3 Å². The van der Waals surface area contributed by atoms with Crippen molar-refractivity contribution in [2.75, 3.05) is 0 Å². The molecule has 5 heteroatoms. The number of primary amides is 1. The van der Waals surface area contributed by atoms with Crippen molar-refractivity contribution in [3.63, 3.8) is 0 Å². The van der Waals surface area contributed by atoms with Crippen molar-refractivity contribution in [2.45, 2.75) is 6.04 Å². The molecule has 0 aliphatic carbocycles. The Bertz CT molecular complexity index is 313. The highest BCUT2D eigenvalue weighted by molar-refractivity contribution is 5.71. The summed E-state index contributed by atoms with van der Waals surface area (Å²) in [5, 5.41) is 0. The van der Waals surface area contributed by atoms with E-state index in [0.717, 1.165) is 5.56 Å². The predicted molar refractivity (Wildman–Crippen MR) is 51.1 cm³/mol. The summed E-state index contributed by atoms with van der Waals surface area (Å²) in [6.07, 6.45) is 0.686. The smallest absolute Gasteiger partial charge is 0.326 e. The number of hydrazine groups is 1. The van der Waals surface area contributed by atoms with Crippen LogP contribution in [0.4, 0.5) is 4.79 Å². The maximum atomic E-state index is 10.7. The second-order valence-electron chi connectivity index (χ2n) is 2.66. The van der Waals surface area contributed by atoms with Crippen LogP contribution in [0.3, 0.4) is 0 Å². The Morgan fingerprint density at radius 2 is 2.00 bits per heavy atom. The van der Waals surface area contributed by atoms with Crippen LogP contribution < -0.4 is 16.6 Å². The van der Waals surface area contributed by atoms with Crippen LogP contribution in [0, 0.1) is 0 Å². The number of rotatable bonds is 4. The minimum atomic E-state index is -0.729. The molecule has 0 radical (unpaired) electrons. The molecule has 1 atom stereocenters. The van der Waals surface area contributed by atoms with E-state index < -0.39 is 12.1 Å². The first kappa shape index (κ1) is 10.2. The van der Waals surface area contributed by atoms with Gasteiger partial charge in [-0.05, 0) is 5.56 Å². The van der Waals surface area contributed by atoms with Gasteiger partial charge in [0.1, 0.15) is 12.3 Å². The van der Waals surface area contributed by atoms with Crippen molar-refractivity contribution in [1.29, 1.82) is 0 Å². The zero-order valence-corrected chi connectivity index (χ0v) is 7.44. The van der Waals surface area contributed by atoms with Crippen molar-refractivity contribution in [3.05, 3.63) is 35.9 Å². The Hall–Kier alpha value is -1.88. The molecule has 0 saturated heterocycles. The van der Waals surface area contributed by atoms with E-state index in [2.05, 4.69) is 10.9 Å². The number of nitrogens with two attached hydrogens (primary N) is 1. The summed E-state index contributed by atoms with van der Waals surface area (Å²) in [7, 11) is 0. The van der Waals surface area contributed by atoms with Gasteiger partial charge >= 0.3 is 6.03 Å². The summed E-state index contributed by atoms with van der Waals surface area (Å²) in [5.41, 5.74) is 10.3. The van der Waals surface area contributed by atoms with Crippen LogP contribution in [0.2, 0.25) is 0 Å². The van der Waals surface area contributed by atoms with E-state index in [-0.39, 0.29) is 0 Å². The third kappa shape index (κ3) is 2.87. The van der Waals surface area contributed by atoms with Gasteiger partial charge in [0.25, 0.3) is 0 Å². The van der Waals surface area contributed by atoms with Gasteiger partial charge in [0.05, 0.1) is 0 Å². The number of carbonyl (C=O) groups is 2. The first-order chi connectivity index (χ1) is 6.74. The number of urea groups is 1. The van der Waals surface area contributed by atoms with Crippen LogP contribution in [-0.2, 0) is 4.79 Å². The fourth-order valence-electron chi connectivity index (χ4n) is 1.01. The molecule has 14 heavy (non-hydrogen) atoms. The van der Waals surface area contributed by atoms with E-state index in [1.807, 2.05) is 6.07 Å². The van der Waals surface area contributed by atoms with E-state index in [1.165, 1.54) is 0 Å². The van der Waals surface area contributed by atoms with Gasteiger partial charge in [0.2, 0.25) is 0 Å². The summed E-state index contributed by atoms with van der Waals surface area (Å²) in [4.78, 5) is 21.0. The summed E-state index contributed by atoms with van der Waals surface area (Å²) < 4.78 is 0. The van der Waals surface area contributed by atoms with Crippen LogP contribution in [0.5, 0.6) is 0 Å². The largest absolute Gasteiger partial charge is 0.351 e. The van der Waals surface area contributed by atoms with Gasteiger partial charge in [-0.2, -0.15) is 0 Å². The van der Waals surface area contributed by atoms with E-state index in [9.17, 15) is 9.59 Å². The molecule has 0 fully saturated rings. The monoisotopic (exact) mass is 193 g/mol. The second kappa shape index (κ2) is 4.98. The molecule has 74 valence electrons. The fraction of sp³-hybridized carbons (Fsp3) is 0.111. The molecule has 0 spiro atoms. The molecule has 5 nitrogen and oxygen atoms in total. The van der Waals surface area contributed by atoms with Gasteiger partial charge in [0.15, 0.2) is 0 Å². The molecule has 0 saturated carbocycles. The molecule has 0 heterocycles. The van der Waals surface area contributed by atoms with Gasteiger partial charge in [-0.25, -0.2) is 10.2 Å². The number of nitrogens with one attached hydrogen (secondary N) is 2. The molecule has 1 aromatic rings. The van der Waals surface area contributed by atoms with E-state index in [4.69, 9.17) is 5.73 Å². The average molecular weight is 193 g/mol. The van der Waals surface area contributed by atoms with Gasteiger partial charge in [-0.3, -0.25) is 5.43 Å². The molecule has 0 aromatic heterocycles. The van der Waals surface area contributed by atoms with Gasteiger partial charge < -0.3 is 10.5 Å². The maximum absolute atomic E-state index is 10.7. The van der Waals surface area contributed by atoms with Crippen LogP contribution in [0.25, 0.3) is 0 Å². The number of hydrogen-bond donors (Lipinski definition) is 3. The molecular formula is C9H11N3O2. The summed E-state index contributed by atoms with van der Waals surface area (Å²) in [6, 6.07) is 7.68. The maximum Gasteiger partial charge on any atom is 0.326 e. The number of aldehydes is 1. The van der Waals surface area contributed by atoms with Crippen LogP contribution in [-0.4, -0.2) is 12.3 Å². The van der Waals surface area contributed by atoms with Crippen molar-refractivity contribution in [1.82, 2.24) is 10.9 Å². The van der Waals surface area contributed by atoms with E-state index in [1.54, 1.807) is 24.3 Å². The standard InChI is InChI=1S/C9H11N3O2/c10-9(14)12-11-8(6-13)7-4-2-1-3-5-7/h1-6,8,11H,(H3,10,12,14). The van der Waals surface area contributed by atoms with Gasteiger partial charge in [0, 0.05) is 0 Å². The number of carbonyl (C=O) groups excluding carboxylic acids is 2. The number of benzene rings is 1. The van der Waals surface area contributed by atoms with Crippen LogP contribution >= 0.6 is 0 Å². The van der Waals surface area contributed by atoms with Crippen molar-refractivity contribution in [2.24, 2.45) is 5.73 Å². The van der Waals surface area contributed by atoms with E-state index in [0.29, 0.717) is 6.29 Å². The third-order valence-corrected chi connectivity index (χ3v) is 1.65. The van der Waals surface area contributed by atoms with E-state index >= 15 is 0 Å². The summed E-state index contributed by atoms with van der Waals surface area (Å²) >= 11 is 0. The lowest BCUT2D eigenvalue weighted by Gasteiger charge is -2.12. The molecule has 0 bridgehead atoms. The highest BCUT2D eigenvalue weighted by Gasteiger charge is 2.08. The van der Waals surface area contributed by atoms with Crippen molar-refractivity contribution >= 4 is 12.3 Å². The van der Waals surface area contributed by atoms with Gasteiger partial charge in [-0.15, -0.1) is 0 Å². The Morgan fingerprint density at radius 3 is 2.50 bits per heavy atom. The molecule has 0 aliphatic heterocycles. The summed E-state index contributed by atoms with van der Waals surface area (Å²) in [5.74, 6) is 0. The lowest BCUT2D eigenvalue weighted by Crippen LogP contribution is -2.43. The normalized spacial score (nSPS) is 11.7. The molecule has 4 N–H and O–H groups in total. The minimum Gasteiger partial charge on any atom is -0.351 e. The molecule has 0 aliphatic rings. The highest BCUT2D eigenvalue weighted by Crippen LogP contribution is 2.08. The average Bonchev–Trinajstić information content (AvgIpc) is 2.20. The molecular weight excluding hydrogens is 182 g/mol. The first-order valence-electron chi connectivity index (χ1n) is 4.05. The Morgan fingerprint density at radius 1 is 1.36 bits per heavy atom. The highest BCUT2D eigenvalue weighted by atomic mass is 16.2. The lowest BCUT2D eigenvalue weighted by atomic mass is 10.1. The Balaban J connectivity index is 2.63. The minimum absolute atomic E-state index is 0.580. The zero-order chi connectivity index (χ0) is 10.4. The van der Waals surface area contributed by atoms with Crippen molar-refractivity contribution in [3.8, 4) is 0 Å². The fourth-order valence-corrected chi connectivity index (χ4v) is 1.01.